The molecule has 0 unspecified atom stereocenters. The van der Waals surface area contributed by atoms with Gasteiger partial charge in [-0.15, -0.1) is 10.2 Å². The Hall–Kier alpha value is -2.66. The molecule has 192 valence electrons. The molecule has 0 radical (unpaired) electrons. The van der Waals surface area contributed by atoms with Crippen LogP contribution in [0, 0.1) is 5.92 Å². The Balaban J connectivity index is 1.52. The topological polar surface area (TPSA) is 153 Å². The number of hydrogen-bond acceptors (Lipinski definition) is 7. The highest BCUT2D eigenvalue weighted by molar-refractivity contribution is 7.89. The quantitative estimate of drug-likeness (QED) is 0.382. The number of hydrogen-bond donors (Lipinski definition) is 4. The van der Waals surface area contributed by atoms with E-state index in [0.717, 1.165) is 69.2 Å². The number of sulfonamides is 1. The number of primary sulfonamides is 1. The number of piperidine rings is 1. The van der Waals surface area contributed by atoms with Crippen LogP contribution in [0.2, 0.25) is 0 Å². The second-order valence-corrected chi connectivity index (χ2v) is 11.7. The van der Waals surface area contributed by atoms with Gasteiger partial charge in [-0.3, -0.25) is 0 Å². The SMILES string of the molecule is NC1CCC(CCc2ccc(-c3ccc(C4CCNCC4)cc3)c(-c3nn[nH]n3)c2S(N)(=O)=O)CC1. The molecule has 1 saturated carbocycles. The second-order valence-electron chi connectivity index (χ2n) is 10.2. The van der Waals surface area contributed by atoms with E-state index in [1.165, 1.54) is 5.56 Å². The van der Waals surface area contributed by atoms with Crippen molar-refractivity contribution in [2.75, 3.05) is 13.1 Å². The molecule has 2 fully saturated rings. The molecule has 2 aromatic carbocycles. The van der Waals surface area contributed by atoms with Crippen molar-refractivity contribution in [3.05, 3.63) is 47.5 Å². The lowest BCUT2D eigenvalue weighted by atomic mass is 9.82. The third-order valence-electron chi connectivity index (χ3n) is 7.84. The van der Waals surface area contributed by atoms with Crippen LogP contribution in [0.1, 0.15) is 62.0 Å². The predicted molar refractivity (Wildman–Crippen MR) is 140 cm³/mol. The van der Waals surface area contributed by atoms with Crippen LogP contribution >= 0.6 is 0 Å². The minimum absolute atomic E-state index is 0.0938. The van der Waals surface area contributed by atoms with Gasteiger partial charge in [0.05, 0.1) is 10.5 Å². The Labute approximate surface area is 212 Å². The van der Waals surface area contributed by atoms with Gasteiger partial charge in [-0.25, -0.2) is 13.6 Å². The molecule has 2 heterocycles. The van der Waals surface area contributed by atoms with Crippen LogP contribution in [-0.2, 0) is 16.4 Å². The van der Waals surface area contributed by atoms with Crippen LogP contribution in [0.4, 0.5) is 0 Å². The van der Waals surface area contributed by atoms with Crippen molar-refractivity contribution in [1.29, 1.82) is 0 Å². The summed E-state index contributed by atoms with van der Waals surface area (Å²) >= 11 is 0. The number of tetrazole rings is 1. The normalized spacial score (nSPS) is 21.5. The van der Waals surface area contributed by atoms with Crippen molar-refractivity contribution < 1.29 is 8.42 Å². The molecular formula is C26H35N7O2S. The van der Waals surface area contributed by atoms with E-state index in [0.29, 0.717) is 29.4 Å². The summed E-state index contributed by atoms with van der Waals surface area (Å²) in [6, 6.07) is 12.5. The van der Waals surface area contributed by atoms with Crippen LogP contribution in [0.15, 0.2) is 41.3 Å². The number of aromatic nitrogens is 4. The van der Waals surface area contributed by atoms with Gasteiger partial charge < -0.3 is 11.1 Å². The highest BCUT2D eigenvalue weighted by Gasteiger charge is 2.27. The average Bonchev–Trinajstić information content (AvgIpc) is 3.43. The molecule has 9 nitrogen and oxygen atoms in total. The molecule has 2 aliphatic rings. The number of rotatable bonds is 7. The maximum Gasteiger partial charge on any atom is 0.239 e. The summed E-state index contributed by atoms with van der Waals surface area (Å²) in [5.41, 5.74) is 10.1. The molecule has 1 aliphatic heterocycles. The van der Waals surface area contributed by atoms with Gasteiger partial charge in [0.25, 0.3) is 0 Å². The third kappa shape index (κ3) is 5.51. The first kappa shape index (κ1) is 25.0. The largest absolute Gasteiger partial charge is 0.328 e. The van der Waals surface area contributed by atoms with Crippen molar-refractivity contribution in [1.82, 2.24) is 25.9 Å². The first-order chi connectivity index (χ1) is 17.4. The molecule has 0 amide bonds. The molecule has 36 heavy (non-hydrogen) atoms. The van der Waals surface area contributed by atoms with E-state index in [1.807, 2.05) is 24.3 Å². The minimum Gasteiger partial charge on any atom is -0.328 e. The standard InChI is InChI=1S/C26H35N7O2S/c27-22-10-2-17(3-11-22)1-4-21-9-12-23(24(25(21)36(28,34)35)26-30-32-33-31-26)20-7-5-18(6-8-20)19-13-15-29-16-14-19/h5-9,12,17,19,22,29H,1-4,10-11,13-16,27H2,(H2,28,34,35)(H,30,31,32,33). The number of H-pyrrole nitrogens is 1. The van der Waals surface area contributed by atoms with Crippen molar-refractivity contribution in [2.45, 2.75) is 68.2 Å². The number of nitrogens with two attached hydrogens (primary N) is 2. The number of aromatic amines is 1. The van der Waals surface area contributed by atoms with Gasteiger partial charge in [0.2, 0.25) is 15.8 Å². The molecule has 1 aliphatic carbocycles. The lowest BCUT2D eigenvalue weighted by Crippen LogP contribution is -2.26. The summed E-state index contributed by atoms with van der Waals surface area (Å²) in [7, 11) is -4.06. The first-order valence-electron chi connectivity index (χ1n) is 12.9. The van der Waals surface area contributed by atoms with Crippen molar-refractivity contribution in [3.8, 4) is 22.5 Å². The van der Waals surface area contributed by atoms with Crippen LogP contribution in [0.25, 0.3) is 22.5 Å². The van der Waals surface area contributed by atoms with Gasteiger partial charge in [0.1, 0.15) is 0 Å². The van der Waals surface area contributed by atoms with Gasteiger partial charge in [-0.05, 0) is 104 Å². The molecular weight excluding hydrogens is 474 g/mol. The zero-order chi connectivity index (χ0) is 25.1. The van der Waals surface area contributed by atoms with Crippen LogP contribution in [-0.4, -0.2) is 48.2 Å². The van der Waals surface area contributed by atoms with E-state index < -0.39 is 10.0 Å². The molecule has 0 spiro atoms. The summed E-state index contributed by atoms with van der Waals surface area (Å²) in [6.45, 7) is 2.06. The van der Waals surface area contributed by atoms with Gasteiger partial charge in [0, 0.05) is 6.04 Å². The van der Waals surface area contributed by atoms with Crippen LogP contribution in [0.3, 0.4) is 0 Å². The van der Waals surface area contributed by atoms with Crippen molar-refractivity contribution in [3.63, 3.8) is 0 Å². The van der Waals surface area contributed by atoms with E-state index in [4.69, 9.17) is 10.9 Å². The molecule has 10 heteroatoms. The Morgan fingerprint density at radius 2 is 1.67 bits per heavy atom. The zero-order valence-electron chi connectivity index (χ0n) is 20.5. The Morgan fingerprint density at radius 3 is 2.31 bits per heavy atom. The van der Waals surface area contributed by atoms with E-state index in [-0.39, 0.29) is 16.8 Å². The number of nitrogens with one attached hydrogen (secondary N) is 2. The van der Waals surface area contributed by atoms with E-state index >= 15 is 0 Å². The minimum atomic E-state index is -4.06. The number of nitrogens with zero attached hydrogens (tertiary/aromatic N) is 3. The Morgan fingerprint density at radius 1 is 0.944 bits per heavy atom. The summed E-state index contributed by atoms with van der Waals surface area (Å²) in [6.07, 6.45) is 7.93. The van der Waals surface area contributed by atoms with E-state index in [2.05, 4.69) is 38.1 Å². The predicted octanol–water partition coefficient (Wildman–Crippen LogP) is 3.10. The van der Waals surface area contributed by atoms with E-state index in [1.54, 1.807) is 0 Å². The van der Waals surface area contributed by atoms with Crippen LogP contribution < -0.4 is 16.2 Å². The Bertz CT molecular complexity index is 1260. The maximum absolute atomic E-state index is 13.0. The van der Waals surface area contributed by atoms with Gasteiger partial charge in [-0.1, -0.05) is 36.4 Å². The lowest BCUT2D eigenvalue weighted by molar-refractivity contribution is 0.310. The zero-order valence-corrected chi connectivity index (χ0v) is 21.3. The molecule has 6 N–H and O–H groups in total. The fraction of sp³-hybridized carbons (Fsp3) is 0.500. The van der Waals surface area contributed by atoms with Crippen molar-refractivity contribution in [2.24, 2.45) is 16.8 Å². The highest BCUT2D eigenvalue weighted by Crippen LogP contribution is 2.39. The lowest BCUT2D eigenvalue weighted by Gasteiger charge is -2.26. The fourth-order valence-corrected chi connectivity index (χ4v) is 6.83. The third-order valence-corrected chi connectivity index (χ3v) is 8.87. The molecule has 1 aromatic heterocycles. The smallest absolute Gasteiger partial charge is 0.239 e. The molecule has 0 atom stereocenters. The van der Waals surface area contributed by atoms with Gasteiger partial charge in [0.15, 0.2) is 0 Å². The first-order valence-corrected chi connectivity index (χ1v) is 14.4. The van der Waals surface area contributed by atoms with Gasteiger partial charge >= 0.3 is 0 Å². The monoisotopic (exact) mass is 509 g/mol. The highest BCUT2D eigenvalue weighted by atomic mass is 32.2. The summed E-state index contributed by atoms with van der Waals surface area (Å²) in [5.74, 6) is 1.30. The maximum atomic E-state index is 13.0. The van der Waals surface area contributed by atoms with E-state index in [9.17, 15) is 8.42 Å². The second kappa shape index (κ2) is 10.8. The summed E-state index contributed by atoms with van der Waals surface area (Å²) in [4.78, 5) is 0.0938. The number of benzene rings is 2. The van der Waals surface area contributed by atoms with Crippen LogP contribution in [0.5, 0.6) is 0 Å². The molecule has 3 aromatic rings. The summed E-state index contributed by atoms with van der Waals surface area (Å²) < 4.78 is 26.0. The molecule has 1 saturated heterocycles. The average molecular weight is 510 g/mol. The number of aryl methyl sites for hydroxylation is 1. The van der Waals surface area contributed by atoms with Crippen molar-refractivity contribution >= 4 is 10.0 Å². The fourth-order valence-electron chi connectivity index (χ4n) is 5.80. The summed E-state index contributed by atoms with van der Waals surface area (Å²) in [5, 5.41) is 23.7. The van der Waals surface area contributed by atoms with Gasteiger partial charge in [-0.2, -0.15) is 5.21 Å². The molecule has 5 rings (SSSR count). The molecule has 0 bridgehead atoms. The Kier molecular flexibility index (Phi) is 7.47.